The van der Waals surface area contributed by atoms with Crippen LogP contribution in [0.15, 0.2) is 0 Å². The first-order valence-corrected chi connectivity index (χ1v) is 6.50. The van der Waals surface area contributed by atoms with E-state index < -0.39 is 36.9 Å². The van der Waals surface area contributed by atoms with Crippen LogP contribution in [-0.2, 0) is 4.79 Å². The monoisotopic (exact) mass is 302 g/mol. The Morgan fingerprint density at radius 1 is 1.40 bits per heavy atom. The van der Waals surface area contributed by atoms with Gasteiger partial charge in [0.1, 0.15) is 0 Å². The summed E-state index contributed by atoms with van der Waals surface area (Å²) in [6.45, 7) is -0.625. The molecule has 0 aromatic heterocycles. The molecule has 0 aromatic carbocycles. The van der Waals surface area contributed by atoms with Crippen molar-refractivity contribution in [3.63, 3.8) is 0 Å². The number of hydrogen-bond donors (Lipinski definition) is 1. The van der Waals surface area contributed by atoms with Gasteiger partial charge in [-0.15, -0.1) is 0 Å². The van der Waals surface area contributed by atoms with Gasteiger partial charge in [-0.05, 0) is 26.4 Å². The van der Waals surface area contributed by atoms with Crippen molar-refractivity contribution in [2.24, 2.45) is 5.92 Å². The van der Waals surface area contributed by atoms with Gasteiger partial charge in [-0.3, -0.25) is 9.69 Å². The van der Waals surface area contributed by atoms with E-state index in [4.69, 9.17) is 0 Å². The van der Waals surface area contributed by atoms with Crippen molar-refractivity contribution in [2.45, 2.75) is 37.8 Å². The minimum atomic E-state index is -4.24. The normalized spacial score (nSPS) is 22.2. The molecule has 0 saturated heterocycles. The van der Waals surface area contributed by atoms with Gasteiger partial charge >= 0.3 is 6.18 Å². The van der Waals surface area contributed by atoms with Crippen LogP contribution in [-0.4, -0.2) is 49.6 Å². The van der Waals surface area contributed by atoms with E-state index in [2.05, 4.69) is 5.32 Å². The van der Waals surface area contributed by atoms with E-state index in [0.29, 0.717) is 6.42 Å². The van der Waals surface area contributed by atoms with Gasteiger partial charge < -0.3 is 5.32 Å². The van der Waals surface area contributed by atoms with Gasteiger partial charge in [-0.25, -0.2) is 8.78 Å². The minimum absolute atomic E-state index is 0.160. The van der Waals surface area contributed by atoms with Gasteiger partial charge in [0.05, 0.1) is 6.54 Å². The van der Waals surface area contributed by atoms with Gasteiger partial charge in [-0.1, -0.05) is 0 Å². The number of hydrogen-bond acceptors (Lipinski definition) is 2. The van der Waals surface area contributed by atoms with Crippen molar-refractivity contribution in [1.82, 2.24) is 10.2 Å². The highest BCUT2D eigenvalue weighted by molar-refractivity contribution is 5.79. The molecule has 3 nitrogen and oxygen atoms in total. The van der Waals surface area contributed by atoms with Gasteiger partial charge in [0.2, 0.25) is 11.8 Å². The predicted octanol–water partition coefficient (Wildman–Crippen LogP) is 2.42. The summed E-state index contributed by atoms with van der Waals surface area (Å²) >= 11 is 0. The number of nitrogens with one attached hydrogen (secondary N) is 1. The fourth-order valence-corrected chi connectivity index (χ4v) is 2.26. The molecule has 8 heteroatoms. The number of halogens is 5. The first-order chi connectivity index (χ1) is 9.09. The Balaban J connectivity index is 2.14. The summed E-state index contributed by atoms with van der Waals surface area (Å²) in [5, 5.41) is 2.50. The van der Waals surface area contributed by atoms with E-state index in [0.717, 1.165) is 4.90 Å². The second-order valence-corrected chi connectivity index (χ2v) is 5.29. The van der Waals surface area contributed by atoms with Crippen molar-refractivity contribution in [2.75, 3.05) is 26.7 Å². The molecule has 0 unspecified atom stereocenters. The maximum Gasteiger partial charge on any atom is 0.401 e. The lowest BCUT2D eigenvalue weighted by Gasteiger charge is -2.18. The standard InChI is InChI=1S/C12H19F5N2O/c1-19(8-12(15,16)17)6-2-5-18-10(20)9-3-4-11(13,14)7-9/h9H,2-8H2,1H3,(H,18,20)/t9-/m0/s1. The van der Waals surface area contributed by atoms with Crippen LogP contribution in [0.2, 0.25) is 0 Å². The quantitative estimate of drug-likeness (QED) is 0.604. The molecule has 118 valence electrons. The molecule has 1 rings (SSSR count). The zero-order valence-corrected chi connectivity index (χ0v) is 11.3. The Bertz CT molecular complexity index is 332. The molecular formula is C12H19F5N2O. The summed E-state index contributed by atoms with van der Waals surface area (Å²) in [5.41, 5.74) is 0. The number of rotatable bonds is 6. The van der Waals surface area contributed by atoms with Crippen LogP contribution < -0.4 is 5.32 Å². The van der Waals surface area contributed by atoms with Crippen molar-refractivity contribution in [3.05, 3.63) is 0 Å². The lowest BCUT2D eigenvalue weighted by molar-refractivity contribution is -0.143. The molecule has 0 radical (unpaired) electrons. The van der Waals surface area contributed by atoms with E-state index in [-0.39, 0.29) is 25.9 Å². The second kappa shape index (κ2) is 6.69. The van der Waals surface area contributed by atoms with Crippen LogP contribution in [0.25, 0.3) is 0 Å². The van der Waals surface area contributed by atoms with E-state index in [1.807, 2.05) is 0 Å². The maximum absolute atomic E-state index is 12.9. The first kappa shape index (κ1) is 17.1. The minimum Gasteiger partial charge on any atom is -0.356 e. The highest BCUT2D eigenvalue weighted by Crippen LogP contribution is 2.38. The number of nitrogens with zero attached hydrogens (tertiary/aromatic N) is 1. The highest BCUT2D eigenvalue weighted by Gasteiger charge is 2.42. The number of amides is 1. The largest absolute Gasteiger partial charge is 0.401 e. The van der Waals surface area contributed by atoms with E-state index >= 15 is 0 Å². The molecule has 20 heavy (non-hydrogen) atoms. The van der Waals surface area contributed by atoms with Crippen LogP contribution in [0.5, 0.6) is 0 Å². The molecule has 1 amide bonds. The second-order valence-electron chi connectivity index (χ2n) is 5.29. The molecule has 1 atom stereocenters. The molecule has 0 bridgehead atoms. The van der Waals surface area contributed by atoms with Crippen LogP contribution in [0.1, 0.15) is 25.7 Å². The van der Waals surface area contributed by atoms with Crippen LogP contribution >= 0.6 is 0 Å². The fourth-order valence-electron chi connectivity index (χ4n) is 2.26. The SMILES string of the molecule is CN(CCCNC(=O)[C@H]1CCC(F)(F)C1)CC(F)(F)F. The summed E-state index contributed by atoms with van der Waals surface area (Å²) in [7, 11) is 1.34. The Labute approximate surface area is 114 Å². The zero-order valence-electron chi connectivity index (χ0n) is 11.3. The number of carbonyl (C=O) groups is 1. The average molecular weight is 302 g/mol. The summed E-state index contributed by atoms with van der Waals surface area (Å²) in [5.74, 6) is -3.88. The molecule has 0 aromatic rings. The Kier molecular flexibility index (Phi) is 5.73. The van der Waals surface area contributed by atoms with Crippen molar-refractivity contribution < 1.29 is 26.7 Å². The first-order valence-electron chi connectivity index (χ1n) is 6.50. The van der Waals surface area contributed by atoms with E-state index in [1.54, 1.807) is 0 Å². The Hall–Kier alpha value is -0.920. The lowest BCUT2D eigenvalue weighted by atomic mass is 10.1. The van der Waals surface area contributed by atoms with Crippen molar-refractivity contribution in [3.8, 4) is 0 Å². The number of carbonyl (C=O) groups excluding carboxylic acids is 1. The summed E-state index contributed by atoms with van der Waals surface area (Å²) in [6.07, 6.45) is -4.45. The average Bonchev–Trinajstić information content (AvgIpc) is 2.62. The van der Waals surface area contributed by atoms with Crippen LogP contribution in [0, 0.1) is 5.92 Å². The van der Waals surface area contributed by atoms with Gasteiger partial charge in [0, 0.05) is 25.3 Å². The van der Waals surface area contributed by atoms with Gasteiger partial charge in [0.25, 0.3) is 0 Å². The van der Waals surface area contributed by atoms with E-state index in [1.165, 1.54) is 7.05 Å². The zero-order chi connectivity index (χ0) is 15.4. The smallest absolute Gasteiger partial charge is 0.356 e. The summed E-state index contributed by atoms with van der Waals surface area (Å²) < 4.78 is 61.9. The molecule has 0 spiro atoms. The summed E-state index contributed by atoms with van der Waals surface area (Å²) in [6, 6.07) is 0. The third kappa shape index (κ3) is 6.49. The molecule has 0 heterocycles. The van der Waals surface area contributed by atoms with Crippen LogP contribution in [0.4, 0.5) is 22.0 Å². The molecule has 0 aliphatic heterocycles. The van der Waals surface area contributed by atoms with Gasteiger partial charge in [0.15, 0.2) is 0 Å². The topological polar surface area (TPSA) is 32.3 Å². The molecule has 1 N–H and O–H groups in total. The van der Waals surface area contributed by atoms with Crippen molar-refractivity contribution >= 4 is 5.91 Å². The molecule has 1 saturated carbocycles. The highest BCUT2D eigenvalue weighted by atomic mass is 19.4. The third-order valence-electron chi connectivity index (χ3n) is 3.24. The fraction of sp³-hybridized carbons (Fsp3) is 0.917. The van der Waals surface area contributed by atoms with Crippen LogP contribution in [0.3, 0.4) is 0 Å². The third-order valence-corrected chi connectivity index (χ3v) is 3.24. The van der Waals surface area contributed by atoms with E-state index in [9.17, 15) is 26.7 Å². The van der Waals surface area contributed by atoms with Crippen molar-refractivity contribution in [1.29, 1.82) is 0 Å². The Morgan fingerprint density at radius 2 is 2.05 bits per heavy atom. The van der Waals surface area contributed by atoms with Gasteiger partial charge in [-0.2, -0.15) is 13.2 Å². The molecule has 1 aliphatic rings. The predicted molar refractivity (Wildman–Crippen MR) is 63.5 cm³/mol. The molecule has 1 fully saturated rings. The summed E-state index contributed by atoms with van der Waals surface area (Å²) in [4.78, 5) is 12.7. The Morgan fingerprint density at radius 3 is 2.55 bits per heavy atom. The molecule has 1 aliphatic carbocycles. The maximum atomic E-state index is 12.9. The lowest BCUT2D eigenvalue weighted by Crippen LogP contribution is -2.35. The molecular weight excluding hydrogens is 283 g/mol. The number of alkyl halides is 5.